The Morgan fingerprint density at radius 3 is 3.09 bits per heavy atom. The van der Waals surface area contributed by atoms with Gasteiger partial charge in [0.2, 0.25) is 5.91 Å². The minimum Gasteiger partial charge on any atom is -0.466 e. The summed E-state index contributed by atoms with van der Waals surface area (Å²) in [7, 11) is 0. The third-order valence-corrected chi connectivity index (χ3v) is 4.88. The first kappa shape index (κ1) is 17.9. The van der Waals surface area contributed by atoms with Crippen molar-refractivity contribution in [3.8, 4) is 0 Å². The summed E-state index contributed by atoms with van der Waals surface area (Å²) in [4.78, 5) is 27.8. The molecular formula is C16H25N3O3S. The van der Waals surface area contributed by atoms with Crippen LogP contribution in [0.2, 0.25) is 0 Å². The number of rotatable bonds is 7. The molecule has 6 nitrogen and oxygen atoms in total. The first-order chi connectivity index (χ1) is 11.1. The first-order valence-corrected chi connectivity index (χ1v) is 9.07. The van der Waals surface area contributed by atoms with Crippen molar-refractivity contribution in [1.29, 1.82) is 0 Å². The normalized spacial score (nSPS) is 19.1. The number of aromatic nitrogens is 1. The molecule has 1 fully saturated rings. The molecule has 128 valence electrons. The molecule has 1 aliphatic heterocycles. The minimum absolute atomic E-state index is 0.0138. The average Bonchev–Trinajstić information content (AvgIpc) is 2.95. The van der Waals surface area contributed by atoms with Gasteiger partial charge in [0, 0.05) is 11.8 Å². The summed E-state index contributed by atoms with van der Waals surface area (Å²) in [6.45, 7) is 6.34. The second kappa shape index (κ2) is 8.98. The molecule has 2 rings (SSSR count). The van der Waals surface area contributed by atoms with Gasteiger partial charge in [0.15, 0.2) is 5.13 Å². The van der Waals surface area contributed by atoms with Gasteiger partial charge in [-0.2, -0.15) is 0 Å². The van der Waals surface area contributed by atoms with Crippen molar-refractivity contribution < 1.29 is 14.3 Å². The smallest absolute Gasteiger partial charge is 0.311 e. The Labute approximate surface area is 141 Å². The zero-order valence-electron chi connectivity index (χ0n) is 13.8. The molecule has 2 N–H and O–H groups in total. The predicted molar refractivity (Wildman–Crippen MR) is 90.5 cm³/mol. The summed E-state index contributed by atoms with van der Waals surface area (Å²) in [6, 6.07) is 0. The SMILES string of the molecule is CCOC(=O)Cc1csc(NC(=O)CC(C)C2CCCNC2)n1. The molecule has 2 heterocycles. The fourth-order valence-electron chi connectivity index (χ4n) is 2.80. The van der Waals surface area contributed by atoms with Crippen LogP contribution in [0.25, 0.3) is 0 Å². The van der Waals surface area contributed by atoms with Crippen LogP contribution in [0.5, 0.6) is 0 Å². The Morgan fingerprint density at radius 2 is 2.39 bits per heavy atom. The van der Waals surface area contributed by atoms with Gasteiger partial charge >= 0.3 is 5.97 Å². The molecule has 23 heavy (non-hydrogen) atoms. The molecule has 0 aliphatic carbocycles. The van der Waals surface area contributed by atoms with Crippen molar-refractivity contribution in [2.45, 2.75) is 39.5 Å². The minimum atomic E-state index is -0.297. The van der Waals surface area contributed by atoms with Crippen LogP contribution in [-0.4, -0.2) is 36.6 Å². The maximum absolute atomic E-state index is 12.1. The van der Waals surface area contributed by atoms with E-state index in [4.69, 9.17) is 4.74 Å². The lowest BCUT2D eigenvalue weighted by Crippen LogP contribution is -2.34. The number of thiazole rings is 1. The van der Waals surface area contributed by atoms with Gasteiger partial charge in [-0.1, -0.05) is 6.92 Å². The number of carbonyl (C=O) groups is 2. The van der Waals surface area contributed by atoms with Gasteiger partial charge in [0.25, 0.3) is 0 Å². The van der Waals surface area contributed by atoms with Crippen LogP contribution in [-0.2, 0) is 20.7 Å². The van der Waals surface area contributed by atoms with E-state index in [9.17, 15) is 9.59 Å². The zero-order valence-corrected chi connectivity index (χ0v) is 14.6. The third kappa shape index (κ3) is 5.91. The van der Waals surface area contributed by atoms with E-state index in [2.05, 4.69) is 22.5 Å². The summed E-state index contributed by atoms with van der Waals surface area (Å²) in [5.74, 6) is 0.598. The maximum atomic E-state index is 12.1. The summed E-state index contributed by atoms with van der Waals surface area (Å²) in [5.41, 5.74) is 0.633. The van der Waals surface area contributed by atoms with Gasteiger partial charge in [0.05, 0.1) is 18.7 Å². The van der Waals surface area contributed by atoms with Crippen LogP contribution in [0.4, 0.5) is 5.13 Å². The molecule has 0 bridgehead atoms. The quantitative estimate of drug-likeness (QED) is 0.745. The van der Waals surface area contributed by atoms with Crippen molar-refractivity contribution in [3.63, 3.8) is 0 Å². The van der Waals surface area contributed by atoms with Gasteiger partial charge in [-0.15, -0.1) is 11.3 Å². The van der Waals surface area contributed by atoms with E-state index in [1.165, 1.54) is 24.2 Å². The highest BCUT2D eigenvalue weighted by Gasteiger charge is 2.22. The lowest BCUT2D eigenvalue weighted by atomic mass is 9.85. The molecule has 1 aromatic rings. The number of nitrogens with zero attached hydrogens (tertiary/aromatic N) is 1. The third-order valence-electron chi connectivity index (χ3n) is 4.08. The van der Waals surface area contributed by atoms with Crippen LogP contribution >= 0.6 is 11.3 Å². The van der Waals surface area contributed by atoms with E-state index < -0.39 is 0 Å². The molecule has 2 atom stereocenters. The zero-order chi connectivity index (χ0) is 16.7. The summed E-state index contributed by atoms with van der Waals surface area (Å²) in [5, 5.41) is 8.54. The number of piperidine rings is 1. The molecule has 1 saturated heterocycles. The fraction of sp³-hybridized carbons (Fsp3) is 0.688. The number of ether oxygens (including phenoxy) is 1. The first-order valence-electron chi connectivity index (χ1n) is 8.19. The Morgan fingerprint density at radius 1 is 1.57 bits per heavy atom. The molecule has 1 amide bonds. The van der Waals surface area contributed by atoms with Crippen LogP contribution in [0.15, 0.2) is 5.38 Å². The molecule has 0 aromatic carbocycles. The summed E-state index contributed by atoms with van der Waals surface area (Å²) >= 11 is 1.34. The highest BCUT2D eigenvalue weighted by molar-refractivity contribution is 7.13. The van der Waals surface area contributed by atoms with Crippen molar-refractivity contribution in [2.24, 2.45) is 11.8 Å². The number of hydrogen-bond acceptors (Lipinski definition) is 6. The monoisotopic (exact) mass is 339 g/mol. The lowest BCUT2D eigenvalue weighted by Gasteiger charge is -2.27. The molecule has 0 saturated carbocycles. The number of hydrogen-bond donors (Lipinski definition) is 2. The second-order valence-electron chi connectivity index (χ2n) is 5.96. The highest BCUT2D eigenvalue weighted by atomic mass is 32.1. The summed E-state index contributed by atoms with van der Waals surface area (Å²) in [6.07, 6.45) is 3.01. The average molecular weight is 339 g/mol. The Kier molecular flexibility index (Phi) is 6.98. The van der Waals surface area contributed by atoms with Gasteiger partial charge in [-0.05, 0) is 44.7 Å². The molecule has 2 unspecified atom stereocenters. The van der Waals surface area contributed by atoms with E-state index in [1.807, 2.05) is 0 Å². The van der Waals surface area contributed by atoms with Crippen LogP contribution < -0.4 is 10.6 Å². The van der Waals surface area contributed by atoms with Crippen molar-refractivity contribution in [2.75, 3.05) is 25.0 Å². The molecule has 1 aliphatic rings. The number of carbonyl (C=O) groups excluding carboxylic acids is 2. The molecule has 7 heteroatoms. The van der Waals surface area contributed by atoms with Gasteiger partial charge < -0.3 is 15.4 Å². The Balaban J connectivity index is 1.78. The Bertz CT molecular complexity index is 526. The predicted octanol–water partition coefficient (Wildman–Crippen LogP) is 2.21. The Hall–Kier alpha value is -1.47. The van der Waals surface area contributed by atoms with E-state index in [0.717, 1.165) is 13.1 Å². The van der Waals surface area contributed by atoms with Gasteiger partial charge in [-0.3, -0.25) is 9.59 Å². The fourth-order valence-corrected chi connectivity index (χ4v) is 3.53. The topological polar surface area (TPSA) is 80.3 Å². The second-order valence-corrected chi connectivity index (χ2v) is 6.82. The summed E-state index contributed by atoms with van der Waals surface area (Å²) < 4.78 is 4.89. The molecular weight excluding hydrogens is 314 g/mol. The number of nitrogens with one attached hydrogen (secondary N) is 2. The molecule has 0 radical (unpaired) electrons. The molecule has 1 aromatic heterocycles. The molecule has 0 spiro atoms. The van der Waals surface area contributed by atoms with Crippen LogP contribution in [0.1, 0.15) is 38.8 Å². The maximum Gasteiger partial charge on any atom is 0.311 e. The van der Waals surface area contributed by atoms with E-state index in [-0.39, 0.29) is 18.3 Å². The van der Waals surface area contributed by atoms with E-state index in [0.29, 0.717) is 35.7 Å². The van der Waals surface area contributed by atoms with E-state index >= 15 is 0 Å². The van der Waals surface area contributed by atoms with E-state index in [1.54, 1.807) is 12.3 Å². The number of amides is 1. The van der Waals surface area contributed by atoms with Crippen molar-refractivity contribution in [1.82, 2.24) is 10.3 Å². The highest BCUT2D eigenvalue weighted by Crippen LogP contribution is 2.23. The number of esters is 1. The van der Waals surface area contributed by atoms with Crippen molar-refractivity contribution in [3.05, 3.63) is 11.1 Å². The van der Waals surface area contributed by atoms with Gasteiger partial charge in [-0.25, -0.2) is 4.98 Å². The van der Waals surface area contributed by atoms with Crippen LogP contribution in [0, 0.1) is 11.8 Å². The van der Waals surface area contributed by atoms with Crippen molar-refractivity contribution >= 4 is 28.3 Å². The van der Waals surface area contributed by atoms with Gasteiger partial charge in [0.1, 0.15) is 0 Å². The van der Waals surface area contributed by atoms with Crippen LogP contribution in [0.3, 0.4) is 0 Å². The lowest BCUT2D eigenvalue weighted by molar-refractivity contribution is -0.142. The number of anilines is 1. The largest absolute Gasteiger partial charge is 0.466 e. The standard InChI is InChI=1S/C16H25N3O3S/c1-3-22-15(21)8-13-10-23-16(18-13)19-14(20)7-11(2)12-5-4-6-17-9-12/h10-12,17H,3-9H2,1-2H3,(H,18,19,20).